The van der Waals surface area contributed by atoms with Crippen LogP contribution in [0, 0.1) is 0 Å². The van der Waals surface area contributed by atoms with E-state index in [1.165, 1.54) is 23.5 Å². The number of thiazole rings is 1. The first-order valence-electron chi connectivity index (χ1n) is 8.54. The molecule has 0 saturated heterocycles. The van der Waals surface area contributed by atoms with Crippen molar-refractivity contribution in [2.45, 2.75) is 25.7 Å². The molecule has 9 heteroatoms. The van der Waals surface area contributed by atoms with E-state index < -0.39 is 11.7 Å². The Kier molecular flexibility index (Phi) is 6.76. The highest BCUT2D eigenvalue weighted by molar-refractivity contribution is 7.09. The largest absolute Gasteiger partial charge is 0.486 e. The van der Waals surface area contributed by atoms with Gasteiger partial charge >= 0.3 is 6.18 Å². The molecule has 1 aromatic heterocycles. The third-order valence-electron chi connectivity index (χ3n) is 3.89. The molecule has 1 amide bonds. The topological polar surface area (TPSA) is 51.2 Å². The average molecular weight is 441 g/mol. The minimum absolute atomic E-state index is 0.0814. The van der Waals surface area contributed by atoms with Gasteiger partial charge in [-0.2, -0.15) is 13.2 Å². The Morgan fingerprint density at radius 2 is 1.79 bits per heavy atom. The van der Waals surface area contributed by atoms with Crippen molar-refractivity contribution in [2.75, 3.05) is 0 Å². The van der Waals surface area contributed by atoms with Crippen molar-refractivity contribution in [1.29, 1.82) is 0 Å². The Balaban J connectivity index is 1.45. The molecule has 0 spiro atoms. The first-order chi connectivity index (χ1) is 13.8. The molecule has 2 aromatic carbocycles. The average Bonchev–Trinajstić information content (AvgIpc) is 3.13. The summed E-state index contributed by atoms with van der Waals surface area (Å²) >= 11 is 7.21. The van der Waals surface area contributed by atoms with Crippen molar-refractivity contribution in [3.05, 3.63) is 80.8 Å². The molecule has 29 heavy (non-hydrogen) atoms. The number of carbonyl (C=O) groups excluding carboxylic acids is 1. The number of carbonyl (C=O) groups is 1. The molecule has 3 rings (SSSR count). The molecule has 0 aliphatic heterocycles. The van der Waals surface area contributed by atoms with E-state index >= 15 is 0 Å². The van der Waals surface area contributed by atoms with Crippen LogP contribution in [0.2, 0.25) is 5.02 Å². The van der Waals surface area contributed by atoms with Gasteiger partial charge in [0.1, 0.15) is 17.4 Å². The van der Waals surface area contributed by atoms with Gasteiger partial charge in [-0.1, -0.05) is 23.7 Å². The second-order valence-electron chi connectivity index (χ2n) is 6.12. The van der Waals surface area contributed by atoms with E-state index in [0.29, 0.717) is 22.0 Å². The number of halogens is 4. The molecule has 1 heterocycles. The highest BCUT2D eigenvalue weighted by Crippen LogP contribution is 2.29. The van der Waals surface area contributed by atoms with E-state index in [1.807, 2.05) is 0 Å². The number of amides is 1. The van der Waals surface area contributed by atoms with Crippen LogP contribution >= 0.6 is 22.9 Å². The summed E-state index contributed by atoms with van der Waals surface area (Å²) in [5, 5.41) is 5.80. The zero-order chi connectivity index (χ0) is 20.9. The van der Waals surface area contributed by atoms with Crippen molar-refractivity contribution in [2.24, 2.45) is 0 Å². The number of nitrogens with one attached hydrogen (secondary N) is 1. The van der Waals surface area contributed by atoms with Gasteiger partial charge in [-0.15, -0.1) is 11.3 Å². The Morgan fingerprint density at radius 1 is 1.10 bits per heavy atom. The highest BCUT2D eigenvalue weighted by atomic mass is 35.5. The van der Waals surface area contributed by atoms with Gasteiger partial charge in [0.15, 0.2) is 0 Å². The Labute approximate surface area is 174 Å². The molecule has 3 aromatic rings. The van der Waals surface area contributed by atoms with Crippen LogP contribution in [-0.2, 0) is 30.5 Å². The molecular weight excluding hydrogens is 425 g/mol. The minimum Gasteiger partial charge on any atom is -0.486 e. The summed E-state index contributed by atoms with van der Waals surface area (Å²) < 4.78 is 43.3. The van der Waals surface area contributed by atoms with Crippen LogP contribution in [0.3, 0.4) is 0 Å². The molecule has 1 N–H and O–H groups in total. The molecule has 0 bridgehead atoms. The SMILES string of the molecule is O=C(Cc1csc(COc2ccc(Cl)cc2)n1)NCc1ccc(C(F)(F)F)cc1. The smallest absolute Gasteiger partial charge is 0.416 e. The van der Waals surface area contributed by atoms with Crippen LogP contribution < -0.4 is 10.1 Å². The van der Waals surface area contributed by atoms with Crippen molar-refractivity contribution in [1.82, 2.24) is 10.3 Å². The fourth-order valence-corrected chi connectivity index (χ4v) is 3.24. The predicted octanol–water partition coefficient (Wildman–Crippen LogP) is 5.25. The number of nitrogens with zero attached hydrogens (tertiary/aromatic N) is 1. The van der Waals surface area contributed by atoms with E-state index in [4.69, 9.17) is 16.3 Å². The Bertz CT molecular complexity index is 957. The Hall–Kier alpha value is -2.58. The summed E-state index contributed by atoms with van der Waals surface area (Å²) in [6, 6.07) is 11.6. The number of hydrogen-bond donors (Lipinski definition) is 1. The number of ether oxygens (including phenoxy) is 1. The summed E-state index contributed by atoms with van der Waals surface area (Å²) in [5.41, 5.74) is 0.472. The normalized spacial score (nSPS) is 11.3. The molecule has 0 aliphatic carbocycles. The minimum atomic E-state index is -4.37. The van der Waals surface area contributed by atoms with Gasteiger partial charge in [0, 0.05) is 16.9 Å². The summed E-state index contributed by atoms with van der Waals surface area (Å²) in [6.07, 6.45) is -4.29. The monoisotopic (exact) mass is 440 g/mol. The second kappa shape index (κ2) is 9.28. The highest BCUT2D eigenvalue weighted by Gasteiger charge is 2.29. The van der Waals surface area contributed by atoms with Gasteiger partial charge in [0.05, 0.1) is 17.7 Å². The number of alkyl halides is 3. The lowest BCUT2D eigenvalue weighted by Crippen LogP contribution is -2.24. The summed E-state index contributed by atoms with van der Waals surface area (Å²) in [7, 11) is 0. The van der Waals surface area contributed by atoms with Gasteiger partial charge in [-0.3, -0.25) is 4.79 Å². The summed E-state index contributed by atoms with van der Waals surface area (Å²) in [5.74, 6) is 0.404. The lowest BCUT2D eigenvalue weighted by molar-refractivity contribution is -0.137. The zero-order valence-electron chi connectivity index (χ0n) is 15.0. The summed E-state index contributed by atoms with van der Waals surface area (Å²) in [4.78, 5) is 16.4. The quantitative estimate of drug-likeness (QED) is 0.545. The lowest BCUT2D eigenvalue weighted by atomic mass is 10.1. The van der Waals surface area contributed by atoms with Crippen LogP contribution in [0.5, 0.6) is 5.75 Å². The number of aromatic nitrogens is 1. The number of hydrogen-bond acceptors (Lipinski definition) is 4. The molecule has 0 saturated carbocycles. The molecule has 0 radical (unpaired) electrons. The maximum Gasteiger partial charge on any atom is 0.416 e. The van der Waals surface area contributed by atoms with Crippen LogP contribution in [0.4, 0.5) is 13.2 Å². The number of rotatable bonds is 7. The van der Waals surface area contributed by atoms with Crippen molar-refractivity contribution >= 4 is 28.8 Å². The van der Waals surface area contributed by atoms with Crippen molar-refractivity contribution < 1.29 is 22.7 Å². The molecular formula is C20H16ClF3N2O2S. The molecule has 0 atom stereocenters. The Morgan fingerprint density at radius 3 is 2.45 bits per heavy atom. The van der Waals surface area contributed by atoms with Gasteiger partial charge in [-0.25, -0.2) is 4.98 Å². The maximum absolute atomic E-state index is 12.6. The molecule has 0 unspecified atom stereocenters. The maximum atomic E-state index is 12.6. The van der Waals surface area contributed by atoms with E-state index in [-0.39, 0.29) is 25.5 Å². The summed E-state index contributed by atoms with van der Waals surface area (Å²) in [6.45, 7) is 0.424. The molecule has 152 valence electrons. The fourth-order valence-electron chi connectivity index (χ4n) is 2.41. The molecule has 0 aliphatic rings. The van der Waals surface area contributed by atoms with Crippen LogP contribution in [0.1, 0.15) is 21.8 Å². The van der Waals surface area contributed by atoms with Gasteiger partial charge in [0.2, 0.25) is 5.91 Å². The third kappa shape index (κ3) is 6.47. The van der Waals surface area contributed by atoms with Gasteiger partial charge in [-0.05, 0) is 42.0 Å². The van der Waals surface area contributed by atoms with Crippen LogP contribution in [0.25, 0.3) is 0 Å². The van der Waals surface area contributed by atoms with E-state index in [9.17, 15) is 18.0 Å². The number of benzene rings is 2. The van der Waals surface area contributed by atoms with Gasteiger partial charge < -0.3 is 10.1 Å². The van der Waals surface area contributed by atoms with Crippen molar-refractivity contribution in [3.63, 3.8) is 0 Å². The second-order valence-corrected chi connectivity index (χ2v) is 7.50. The van der Waals surface area contributed by atoms with Crippen LogP contribution in [-0.4, -0.2) is 10.9 Å². The van der Waals surface area contributed by atoms with E-state index in [1.54, 1.807) is 29.6 Å². The van der Waals surface area contributed by atoms with E-state index in [2.05, 4.69) is 10.3 Å². The lowest BCUT2D eigenvalue weighted by Gasteiger charge is -2.08. The molecule has 4 nitrogen and oxygen atoms in total. The van der Waals surface area contributed by atoms with Gasteiger partial charge in [0.25, 0.3) is 0 Å². The fraction of sp³-hybridized carbons (Fsp3) is 0.200. The van der Waals surface area contributed by atoms with Crippen LogP contribution in [0.15, 0.2) is 53.9 Å². The van der Waals surface area contributed by atoms with E-state index in [0.717, 1.165) is 17.1 Å². The first-order valence-corrected chi connectivity index (χ1v) is 9.80. The van der Waals surface area contributed by atoms with Crippen molar-refractivity contribution in [3.8, 4) is 5.75 Å². The first kappa shape index (κ1) is 21.1. The standard InChI is InChI=1S/C20H16ClF3N2O2S/c21-15-5-7-17(8-6-15)28-11-19-26-16(12-29-19)9-18(27)25-10-13-1-3-14(4-2-13)20(22,23)24/h1-8,12H,9-11H2,(H,25,27). The zero-order valence-corrected chi connectivity index (χ0v) is 16.6. The molecule has 0 fully saturated rings. The predicted molar refractivity (Wildman–Crippen MR) is 105 cm³/mol. The third-order valence-corrected chi connectivity index (χ3v) is 5.01.